The molecule has 34 heavy (non-hydrogen) atoms. The van der Waals surface area contributed by atoms with Crippen molar-refractivity contribution in [2.75, 3.05) is 26.3 Å². The average molecular weight is 479 g/mol. The Kier molecular flexibility index (Phi) is 5.38. The number of hydrogen-bond acceptors (Lipinski definition) is 8. The minimum atomic E-state index is -0.277. The van der Waals surface area contributed by atoms with Crippen molar-refractivity contribution in [3.05, 3.63) is 40.8 Å². The molecule has 1 amide bonds. The second-order valence-corrected chi connectivity index (χ2v) is 10.9. The van der Waals surface area contributed by atoms with E-state index in [9.17, 15) is 4.79 Å². The van der Waals surface area contributed by atoms with E-state index in [0.717, 1.165) is 24.0 Å². The summed E-state index contributed by atoms with van der Waals surface area (Å²) in [6.45, 7) is 4.23. The molecule has 4 atom stereocenters. The van der Waals surface area contributed by atoms with Crippen LogP contribution in [0.5, 0.6) is 0 Å². The van der Waals surface area contributed by atoms with E-state index < -0.39 is 0 Å². The first-order valence-electron chi connectivity index (χ1n) is 11.7. The SMILES string of the molecule is CC1(OC(=O)N2CC3COCC(C2)C3OC2=NC=NC3C(c4ccc(C#N)cc4)=CSC23)CC1. The zero-order valence-electron chi connectivity index (χ0n) is 18.9. The van der Waals surface area contributed by atoms with E-state index in [-0.39, 0.29) is 40.9 Å². The number of carbonyl (C=O) groups is 1. The molecule has 0 spiro atoms. The molecule has 4 heterocycles. The molecule has 0 aromatic heterocycles. The first kappa shape index (κ1) is 21.7. The summed E-state index contributed by atoms with van der Waals surface area (Å²) in [4.78, 5) is 23.7. The molecule has 4 unspecified atom stereocenters. The van der Waals surface area contributed by atoms with Crippen LogP contribution in [0.3, 0.4) is 0 Å². The number of carbonyl (C=O) groups excluding carboxylic acids is 1. The number of aliphatic imine (C=N–C) groups is 2. The lowest BCUT2D eigenvalue weighted by atomic mass is 9.84. The van der Waals surface area contributed by atoms with E-state index in [1.165, 1.54) is 0 Å². The summed E-state index contributed by atoms with van der Waals surface area (Å²) in [5, 5.41) is 11.2. The van der Waals surface area contributed by atoms with E-state index in [1.54, 1.807) is 18.1 Å². The van der Waals surface area contributed by atoms with E-state index in [4.69, 9.17) is 19.5 Å². The van der Waals surface area contributed by atoms with E-state index in [2.05, 4.69) is 21.5 Å². The molecule has 1 aromatic carbocycles. The van der Waals surface area contributed by atoms with Crippen LogP contribution in [0.2, 0.25) is 0 Å². The zero-order valence-corrected chi connectivity index (χ0v) is 19.7. The monoisotopic (exact) mass is 478 g/mol. The fourth-order valence-electron chi connectivity index (χ4n) is 5.05. The van der Waals surface area contributed by atoms with Gasteiger partial charge in [-0.05, 0) is 48.4 Å². The third-order valence-electron chi connectivity index (χ3n) is 7.26. The molecule has 9 heteroatoms. The minimum Gasteiger partial charge on any atom is -0.476 e. The van der Waals surface area contributed by atoms with Gasteiger partial charge in [-0.1, -0.05) is 12.1 Å². The van der Waals surface area contributed by atoms with E-state index in [0.29, 0.717) is 37.8 Å². The zero-order chi connectivity index (χ0) is 23.3. The molecule has 2 bridgehead atoms. The summed E-state index contributed by atoms with van der Waals surface area (Å²) in [6.07, 6.45) is 3.19. The van der Waals surface area contributed by atoms with Crippen LogP contribution in [-0.4, -0.2) is 72.5 Å². The third-order valence-corrected chi connectivity index (χ3v) is 8.40. The van der Waals surface area contributed by atoms with Crippen LogP contribution in [0, 0.1) is 23.2 Å². The molecular formula is C25H26N4O4S. The molecule has 2 saturated heterocycles. The molecule has 4 aliphatic heterocycles. The number of thioether (sulfide) groups is 1. The molecular weight excluding hydrogens is 452 g/mol. The van der Waals surface area contributed by atoms with Gasteiger partial charge < -0.3 is 19.1 Å². The van der Waals surface area contributed by atoms with Gasteiger partial charge >= 0.3 is 6.09 Å². The molecule has 6 rings (SSSR count). The van der Waals surface area contributed by atoms with Crippen LogP contribution in [-0.2, 0) is 14.2 Å². The van der Waals surface area contributed by atoms with Gasteiger partial charge in [0.25, 0.3) is 0 Å². The van der Waals surface area contributed by atoms with Crippen molar-refractivity contribution in [3.63, 3.8) is 0 Å². The van der Waals surface area contributed by atoms with Gasteiger partial charge in [-0.25, -0.2) is 9.79 Å². The van der Waals surface area contributed by atoms with Crippen LogP contribution in [0.15, 0.2) is 39.7 Å². The Morgan fingerprint density at radius 2 is 1.97 bits per heavy atom. The van der Waals surface area contributed by atoms with E-state index in [1.807, 2.05) is 36.1 Å². The maximum Gasteiger partial charge on any atom is 0.410 e. The van der Waals surface area contributed by atoms with Crippen molar-refractivity contribution < 1.29 is 19.0 Å². The van der Waals surface area contributed by atoms with Crippen LogP contribution in [0.1, 0.15) is 30.9 Å². The molecule has 1 aliphatic carbocycles. The summed E-state index contributed by atoms with van der Waals surface area (Å²) in [7, 11) is 0. The predicted molar refractivity (Wildman–Crippen MR) is 129 cm³/mol. The molecule has 3 fully saturated rings. The second kappa shape index (κ2) is 8.43. The highest BCUT2D eigenvalue weighted by Crippen LogP contribution is 2.43. The summed E-state index contributed by atoms with van der Waals surface area (Å²) in [5.74, 6) is 0.835. The number of nitrogens with zero attached hydrogens (tertiary/aromatic N) is 4. The Labute approximate surface area is 202 Å². The Morgan fingerprint density at radius 1 is 1.24 bits per heavy atom. The Hall–Kier alpha value is -2.83. The second-order valence-electron chi connectivity index (χ2n) is 9.86. The van der Waals surface area contributed by atoms with Gasteiger partial charge in [0, 0.05) is 24.9 Å². The fraction of sp³-hybridized carbons (Fsp3) is 0.520. The number of piperidine rings is 1. The Morgan fingerprint density at radius 3 is 2.65 bits per heavy atom. The van der Waals surface area contributed by atoms with E-state index >= 15 is 0 Å². The smallest absolute Gasteiger partial charge is 0.410 e. The van der Waals surface area contributed by atoms with Crippen molar-refractivity contribution in [2.45, 2.75) is 42.8 Å². The normalized spacial score (nSPS) is 32.7. The minimum absolute atomic E-state index is 0.0184. The lowest BCUT2D eigenvalue weighted by Gasteiger charge is -2.46. The first-order valence-corrected chi connectivity index (χ1v) is 12.6. The third kappa shape index (κ3) is 3.99. The number of rotatable bonds is 3. The number of likely N-dealkylation sites (tertiary alicyclic amines) is 1. The maximum absolute atomic E-state index is 12.7. The fourth-order valence-corrected chi connectivity index (χ4v) is 6.22. The Bertz CT molecular complexity index is 1110. The van der Waals surface area contributed by atoms with Crippen molar-refractivity contribution in [1.82, 2.24) is 4.90 Å². The van der Waals surface area contributed by atoms with Crippen LogP contribution < -0.4 is 0 Å². The topological polar surface area (TPSA) is 96.5 Å². The summed E-state index contributed by atoms with van der Waals surface area (Å²) < 4.78 is 18.1. The Balaban J connectivity index is 1.14. The molecule has 1 aromatic rings. The number of benzene rings is 1. The quantitative estimate of drug-likeness (QED) is 0.660. The number of fused-ring (bicyclic) bond motifs is 3. The largest absolute Gasteiger partial charge is 0.476 e. The highest BCUT2D eigenvalue weighted by molar-refractivity contribution is 8.04. The molecule has 0 N–H and O–H groups in total. The predicted octanol–water partition coefficient (Wildman–Crippen LogP) is 3.48. The molecule has 0 radical (unpaired) electrons. The molecule has 1 saturated carbocycles. The van der Waals surface area contributed by atoms with Crippen molar-refractivity contribution >= 4 is 35.7 Å². The first-order chi connectivity index (χ1) is 16.5. The van der Waals surface area contributed by atoms with Gasteiger partial charge in [0.1, 0.15) is 23.3 Å². The maximum atomic E-state index is 12.7. The number of nitriles is 1. The summed E-state index contributed by atoms with van der Waals surface area (Å²) in [5.41, 5.74) is 2.53. The van der Waals surface area contributed by atoms with Crippen molar-refractivity contribution in [3.8, 4) is 6.07 Å². The standard InChI is InChI=1S/C25H26N4O4S/c1-25(6-7-25)33-24(30)29-9-17-11-31-12-18(10-29)21(17)32-23-22-20(27-14-28-23)19(13-34-22)16-4-2-15(8-26)3-5-16/h2-5,13-14,17-18,20-22H,6-7,9-12H2,1H3. The average Bonchev–Trinajstić information content (AvgIpc) is 3.39. The summed E-state index contributed by atoms with van der Waals surface area (Å²) in [6, 6.07) is 9.68. The number of hydrogen-bond donors (Lipinski definition) is 0. The molecule has 8 nitrogen and oxygen atoms in total. The van der Waals surface area contributed by atoms with Gasteiger partial charge in [-0.2, -0.15) is 5.26 Å². The highest BCUT2D eigenvalue weighted by atomic mass is 32.2. The van der Waals surface area contributed by atoms with Crippen LogP contribution in [0.4, 0.5) is 4.79 Å². The van der Waals surface area contributed by atoms with Gasteiger partial charge in [-0.15, -0.1) is 11.8 Å². The number of ether oxygens (including phenoxy) is 3. The van der Waals surface area contributed by atoms with Crippen molar-refractivity contribution in [2.24, 2.45) is 21.8 Å². The lowest BCUT2D eigenvalue weighted by Crippen LogP contribution is -2.58. The van der Waals surface area contributed by atoms with Gasteiger partial charge in [0.05, 0.1) is 30.9 Å². The van der Waals surface area contributed by atoms with Gasteiger partial charge in [0.2, 0.25) is 5.90 Å². The van der Waals surface area contributed by atoms with Gasteiger partial charge in [0.15, 0.2) is 0 Å². The van der Waals surface area contributed by atoms with Crippen molar-refractivity contribution in [1.29, 1.82) is 5.26 Å². The number of amides is 1. The molecule has 5 aliphatic rings. The highest BCUT2D eigenvalue weighted by Gasteiger charge is 2.48. The van der Waals surface area contributed by atoms with Gasteiger partial charge in [-0.3, -0.25) is 4.99 Å². The summed E-state index contributed by atoms with van der Waals surface area (Å²) >= 11 is 1.67. The van der Waals surface area contributed by atoms with Crippen LogP contribution >= 0.6 is 11.8 Å². The lowest BCUT2D eigenvalue weighted by molar-refractivity contribution is -0.115. The molecule has 176 valence electrons. The van der Waals surface area contributed by atoms with Crippen LogP contribution in [0.25, 0.3) is 5.57 Å².